The van der Waals surface area contributed by atoms with Gasteiger partial charge in [-0.2, -0.15) is 0 Å². The van der Waals surface area contributed by atoms with Gasteiger partial charge in [0, 0.05) is 11.4 Å². The molecule has 0 aliphatic carbocycles. The fraction of sp³-hybridized carbons (Fsp3) is 0.500. The third kappa shape index (κ3) is 4.51. The van der Waals surface area contributed by atoms with E-state index in [0.29, 0.717) is 5.30 Å². The summed E-state index contributed by atoms with van der Waals surface area (Å²) >= 11 is 0. The lowest BCUT2D eigenvalue weighted by atomic mass is 10.0. The Morgan fingerprint density at radius 2 is 1.56 bits per heavy atom. The van der Waals surface area contributed by atoms with E-state index >= 15 is 0 Å². The van der Waals surface area contributed by atoms with Crippen molar-refractivity contribution in [1.29, 1.82) is 0 Å². The molecule has 6 atom stereocenters. The highest BCUT2D eigenvalue weighted by Crippen LogP contribution is 2.61. The number of nitroso groups, excluding NO2 is 2. The van der Waals surface area contributed by atoms with E-state index in [0.717, 1.165) is 0 Å². The number of nitrogens with zero attached hydrogens (tertiary/aromatic N) is 2. The minimum atomic E-state index is -3.82. The van der Waals surface area contributed by atoms with Crippen molar-refractivity contribution >= 4 is 24.0 Å². The van der Waals surface area contributed by atoms with Gasteiger partial charge in [0.15, 0.2) is 11.6 Å². The topological polar surface area (TPSA) is 131 Å². The fourth-order valence-corrected chi connectivity index (χ4v) is 7.41. The second-order valence-corrected chi connectivity index (χ2v) is 12.2. The molecule has 2 aromatic rings. The molecule has 3 aliphatic rings. The Hall–Kier alpha value is -2.53. The van der Waals surface area contributed by atoms with Crippen molar-refractivity contribution in [2.75, 3.05) is 6.61 Å². The van der Waals surface area contributed by atoms with Crippen molar-refractivity contribution in [3.8, 4) is 5.75 Å². The maximum atomic E-state index is 14.8. The van der Waals surface area contributed by atoms with Gasteiger partial charge in [0.05, 0.1) is 6.61 Å². The number of rotatable bonds is 6. The van der Waals surface area contributed by atoms with Gasteiger partial charge in [-0.15, -0.1) is 9.81 Å². The van der Waals surface area contributed by atoms with Crippen molar-refractivity contribution in [2.24, 2.45) is 10.4 Å². The van der Waals surface area contributed by atoms with Gasteiger partial charge < -0.3 is 28.2 Å². The molecule has 3 fully saturated rings. The van der Waals surface area contributed by atoms with Crippen molar-refractivity contribution < 1.29 is 32.8 Å². The van der Waals surface area contributed by atoms with Gasteiger partial charge in [0.1, 0.15) is 41.5 Å². The number of benzene rings is 2. The molecular weight excluding hydrogens is 491 g/mol. The SMILES string of the molecule is CC1(C)O[C@H]2[C@@H]([C@H]3COC(C)(C)O3)OP(=O)(c3ccccc3)[C@@H](Oc3ccc(N=O)c(N=O)c3)[C@H]2O1. The molecule has 11 nitrogen and oxygen atoms in total. The number of hydrogen-bond acceptors (Lipinski definition) is 11. The van der Waals surface area contributed by atoms with E-state index in [1.165, 1.54) is 18.2 Å². The molecule has 5 rings (SSSR count). The molecule has 0 aromatic heterocycles. The van der Waals surface area contributed by atoms with Crippen molar-refractivity contribution in [1.82, 2.24) is 0 Å². The van der Waals surface area contributed by atoms with E-state index in [-0.39, 0.29) is 23.7 Å². The van der Waals surface area contributed by atoms with Gasteiger partial charge >= 0.3 is 0 Å². The Labute approximate surface area is 207 Å². The zero-order valence-electron chi connectivity index (χ0n) is 20.2. The predicted molar refractivity (Wildman–Crippen MR) is 129 cm³/mol. The highest BCUT2D eigenvalue weighted by atomic mass is 31.2. The van der Waals surface area contributed by atoms with E-state index < -0.39 is 49.2 Å². The Morgan fingerprint density at radius 1 is 0.861 bits per heavy atom. The van der Waals surface area contributed by atoms with Crippen LogP contribution in [0.3, 0.4) is 0 Å². The first kappa shape index (κ1) is 25.1. The maximum Gasteiger partial charge on any atom is 0.274 e. The summed E-state index contributed by atoms with van der Waals surface area (Å²) in [6.45, 7) is 7.31. The molecule has 1 unspecified atom stereocenters. The van der Waals surface area contributed by atoms with Crippen molar-refractivity contribution in [3.63, 3.8) is 0 Å². The van der Waals surface area contributed by atoms with Crippen LogP contribution in [-0.2, 0) is 28.0 Å². The summed E-state index contributed by atoms with van der Waals surface area (Å²) in [7, 11) is -3.82. The summed E-state index contributed by atoms with van der Waals surface area (Å²) in [6, 6.07) is 12.7. The van der Waals surface area contributed by atoms with Crippen LogP contribution < -0.4 is 10.0 Å². The molecule has 3 heterocycles. The van der Waals surface area contributed by atoms with Gasteiger partial charge in [-0.3, -0.25) is 4.57 Å². The largest absolute Gasteiger partial charge is 0.477 e. The molecule has 0 saturated carbocycles. The van der Waals surface area contributed by atoms with E-state index in [9.17, 15) is 14.4 Å². The molecule has 12 heteroatoms. The minimum absolute atomic E-state index is 0.135. The first-order valence-corrected chi connectivity index (χ1v) is 13.2. The molecule has 3 aliphatic heterocycles. The van der Waals surface area contributed by atoms with Crippen molar-refractivity contribution in [3.05, 3.63) is 58.3 Å². The summed E-state index contributed by atoms with van der Waals surface area (Å²) in [5.74, 6) is -2.86. The highest BCUT2D eigenvalue weighted by molar-refractivity contribution is 7.67. The molecule has 0 radical (unpaired) electrons. The zero-order chi connectivity index (χ0) is 25.7. The lowest BCUT2D eigenvalue weighted by Crippen LogP contribution is -2.56. The summed E-state index contributed by atoms with van der Waals surface area (Å²) in [4.78, 5) is 22.2. The molecule has 3 saturated heterocycles. The fourth-order valence-electron chi connectivity index (χ4n) is 4.79. The quantitative estimate of drug-likeness (QED) is 0.388. The number of fused-ring (bicyclic) bond motifs is 1. The van der Waals surface area contributed by atoms with Crippen LogP contribution in [-0.4, -0.2) is 48.4 Å². The van der Waals surface area contributed by atoms with E-state index in [2.05, 4.69) is 10.4 Å². The molecule has 0 bridgehead atoms. The Kier molecular flexibility index (Phi) is 6.35. The molecule has 0 amide bonds. The first-order valence-electron chi connectivity index (χ1n) is 11.5. The van der Waals surface area contributed by atoms with Crippen LogP contribution in [0.2, 0.25) is 0 Å². The lowest BCUT2D eigenvalue weighted by molar-refractivity contribution is -0.174. The molecule has 192 valence electrons. The lowest BCUT2D eigenvalue weighted by Gasteiger charge is -2.43. The smallest absolute Gasteiger partial charge is 0.274 e. The molecule has 0 N–H and O–H groups in total. The average Bonchev–Trinajstić information content (AvgIpc) is 3.38. The second-order valence-electron chi connectivity index (χ2n) is 9.78. The first-order chi connectivity index (χ1) is 17.0. The van der Waals surface area contributed by atoms with E-state index in [4.69, 9.17) is 28.2 Å². The van der Waals surface area contributed by atoms with Gasteiger partial charge in [0.2, 0.25) is 5.85 Å². The van der Waals surface area contributed by atoms with Crippen LogP contribution in [0.5, 0.6) is 5.75 Å². The molecule has 36 heavy (non-hydrogen) atoms. The second kappa shape index (κ2) is 9.09. The highest BCUT2D eigenvalue weighted by Gasteiger charge is 2.64. The molecular formula is C24H27N2O9P. The standard InChI is InChI=1S/C24H27N2O9P/c1-23(2)30-13-18(32-23)19-20-21(34-24(3,4)33-20)22(36(29,35-19)15-8-6-5-7-9-15)31-14-10-11-16(25-27)17(12-14)26-28/h5-12,18-22H,13H2,1-4H3/t18-,19-,20+,21+,22-,36?/m1/s1. The third-order valence-corrected chi connectivity index (χ3v) is 8.94. The predicted octanol–water partition coefficient (Wildman–Crippen LogP) is 4.86. The normalized spacial score (nSPS) is 34.6. The average molecular weight is 518 g/mol. The summed E-state index contributed by atoms with van der Waals surface area (Å²) in [5, 5.41) is 6.06. The van der Waals surface area contributed by atoms with Crippen molar-refractivity contribution in [2.45, 2.75) is 69.5 Å². The number of hydrogen-bond donors (Lipinski definition) is 0. The van der Waals surface area contributed by atoms with Gasteiger partial charge in [-0.05, 0) is 62.3 Å². The van der Waals surface area contributed by atoms with Gasteiger partial charge in [0.25, 0.3) is 7.37 Å². The minimum Gasteiger partial charge on any atom is -0.477 e. The number of ether oxygens (including phenoxy) is 5. The Balaban J connectivity index is 1.59. The summed E-state index contributed by atoms with van der Waals surface area (Å²) in [5.41, 5.74) is -0.338. The van der Waals surface area contributed by atoms with Crippen LogP contribution in [0.4, 0.5) is 11.4 Å². The molecule has 2 aromatic carbocycles. The third-order valence-electron chi connectivity index (χ3n) is 6.30. The van der Waals surface area contributed by atoms with Gasteiger partial charge in [-0.1, -0.05) is 18.2 Å². The maximum absolute atomic E-state index is 14.8. The van der Waals surface area contributed by atoms with Crippen LogP contribution in [0.15, 0.2) is 58.9 Å². The molecule has 0 spiro atoms. The zero-order valence-corrected chi connectivity index (χ0v) is 21.1. The Morgan fingerprint density at radius 3 is 2.19 bits per heavy atom. The summed E-state index contributed by atoms with van der Waals surface area (Å²) in [6.07, 6.45) is -2.86. The Bertz CT molecular complexity index is 1210. The van der Waals surface area contributed by atoms with Crippen LogP contribution in [0.1, 0.15) is 27.7 Å². The van der Waals surface area contributed by atoms with E-state index in [1.54, 1.807) is 58.0 Å². The van der Waals surface area contributed by atoms with Crippen LogP contribution >= 0.6 is 7.37 Å². The summed E-state index contributed by atoms with van der Waals surface area (Å²) < 4.78 is 51.7. The monoisotopic (exact) mass is 518 g/mol. The van der Waals surface area contributed by atoms with Crippen LogP contribution in [0, 0.1) is 9.81 Å². The van der Waals surface area contributed by atoms with E-state index in [1.807, 2.05) is 0 Å². The van der Waals surface area contributed by atoms with Crippen LogP contribution in [0.25, 0.3) is 0 Å². The van der Waals surface area contributed by atoms with Gasteiger partial charge in [-0.25, -0.2) is 0 Å².